The van der Waals surface area contributed by atoms with Crippen LogP contribution in [0.15, 0.2) is 0 Å². The van der Waals surface area contributed by atoms with Crippen molar-refractivity contribution in [2.24, 2.45) is 5.92 Å². The zero-order valence-electron chi connectivity index (χ0n) is 10.1. The molecular formula is C10H17BrF3NO2S. The molecular weight excluding hydrogens is 335 g/mol. The van der Waals surface area contributed by atoms with Gasteiger partial charge in [-0.25, -0.2) is 8.42 Å². The van der Waals surface area contributed by atoms with Crippen molar-refractivity contribution in [3.63, 3.8) is 0 Å². The Morgan fingerprint density at radius 2 is 2.00 bits per heavy atom. The summed E-state index contributed by atoms with van der Waals surface area (Å²) in [5.41, 5.74) is 0. The van der Waals surface area contributed by atoms with Crippen molar-refractivity contribution in [1.29, 1.82) is 0 Å². The summed E-state index contributed by atoms with van der Waals surface area (Å²) in [6.07, 6.45) is -4.95. The molecule has 0 radical (unpaired) electrons. The quantitative estimate of drug-likeness (QED) is 0.714. The molecule has 0 aromatic rings. The minimum absolute atomic E-state index is 0.138. The van der Waals surface area contributed by atoms with E-state index >= 15 is 0 Å². The Morgan fingerprint density at radius 3 is 2.50 bits per heavy atom. The molecule has 0 saturated carbocycles. The fraction of sp³-hybridized carbons (Fsp3) is 1.00. The topological polar surface area (TPSA) is 37.4 Å². The van der Waals surface area contributed by atoms with Gasteiger partial charge < -0.3 is 0 Å². The van der Waals surface area contributed by atoms with Crippen LogP contribution < -0.4 is 0 Å². The highest BCUT2D eigenvalue weighted by molar-refractivity contribution is 9.09. The Hall–Kier alpha value is 0.180. The van der Waals surface area contributed by atoms with Crippen LogP contribution in [-0.4, -0.2) is 42.6 Å². The Kier molecular flexibility index (Phi) is 5.49. The Balaban J connectivity index is 2.59. The third kappa shape index (κ3) is 4.38. The number of hydrogen-bond donors (Lipinski definition) is 0. The molecule has 0 aliphatic carbocycles. The van der Waals surface area contributed by atoms with Crippen LogP contribution in [0.5, 0.6) is 0 Å². The van der Waals surface area contributed by atoms with Crippen molar-refractivity contribution in [3.05, 3.63) is 0 Å². The second-order valence-corrected chi connectivity index (χ2v) is 7.32. The molecule has 18 heavy (non-hydrogen) atoms. The zero-order chi connectivity index (χ0) is 14.0. The SMILES string of the molecule is CC1CCN(S(=O)(=O)CCCC(F)(F)F)C1CBr. The minimum atomic E-state index is -4.29. The predicted molar refractivity (Wildman–Crippen MR) is 67.1 cm³/mol. The van der Waals surface area contributed by atoms with Crippen molar-refractivity contribution in [3.8, 4) is 0 Å². The molecule has 3 nitrogen and oxygen atoms in total. The molecule has 0 spiro atoms. The smallest absolute Gasteiger partial charge is 0.212 e. The van der Waals surface area contributed by atoms with Gasteiger partial charge in [-0.15, -0.1) is 0 Å². The first kappa shape index (κ1) is 16.2. The van der Waals surface area contributed by atoms with Crippen molar-refractivity contribution >= 4 is 26.0 Å². The van der Waals surface area contributed by atoms with Crippen LogP contribution >= 0.6 is 15.9 Å². The standard InChI is InChI=1S/C10H17BrF3NO2S/c1-8-3-5-15(9(8)7-11)18(16,17)6-2-4-10(12,13)14/h8-9H,2-7H2,1H3. The van der Waals surface area contributed by atoms with Gasteiger partial charge in [0.1, 0.15) is 0 Å². The van der Waals surface area contributed by atoms with Gasteiger partial charge in [0.05, 0.1) is 5.75 Å². The Bertz CT molecular complexity index is 372. The van der Waals surface area contributed by atoms with Gasteiger partial charge in [0.25, 0.3) is 0 Å². The van der Waals surface area contributed by atoms with Gasteiger partial charge in [-0.2, -0.15) is 17.5 Å². The summed E-state index contributed by atoms with van der Waals surface area (Å²) in [6, 6.07) is -0.138. The van der Waals surface area contributed by atoms with Gasteiger partial charge in [-0.05, 0) is 18.8 Å². The van der Waals surface area contributed by atoms with E-state index in [1.165, 1.54) is 4.31 Å². The summed E-state index contributed by atoms with van der Waals surface area (Å²) in [5.74, 6) is -0.190. The van der Waals surface area contributed by atoms with Crippen LogP contribution in [-0.2, 0) is 10.0 Å². The molecule has 0 aromatic heterocycles. The van der Waals surface area contributed by atoms with Crippen LogP contribution in [0.3, 0.4) is 0 Å². The first-order valence-corrected chi connectivity index (χ1v) is 8.52. The summed E-state index contributed by atoms with van der Waals surface area (Å²) in [5, 5.41) is 0.521. The summed E-state index contributed by atoms with van der Waals surface area (Å²) in [4.78, 5) is 0. The fourth-order valence-corrected chi connectivity index (χ4v) is 5.12. The molecule has 1 aliphatic heterocycles. The molecule has 108 valence electrons. The van der Waals surface area contributed by atoms with Crippen LogP contribution in [0.2, 0.25) is 0 Å². The molecule has 1 rings (SSSR count). The Morgan fingerprint density at radius 1 is 1.39 bits per heavy atom. The lowest BCUT2D eigenvalue weighted by molar-refractivity contribution is -0.134. The van der Waals surface area contributed by atoms with Crippen LogP contribution in [0.25, 0.3) is 0 Å². The van der Waals surface area contributed by atoms with Gasteiger partial charge in [0.15, 0.2) is 0 Å². The second kappa shape index (κ2) is 6.09. The van der Waals surface area contributed by atoms with E-state index in [0.717, 1.165) is 6.42 Å². The monoisotopic (exact) mass is 351 g/mol. The first-order chi connectivity index (χ1) is 8.17. The molecule has 1 aliphatic rings. The number of nitrogens with zero attached hydrogens (tertiary/aromatic N) is 1. The molecule has 1 saturated heterocycles. The van der Waals surface area contributed by atoms with E-state index in [1.54, 1.807) is 0 Å². The number of rotatable bonds is 5. The lowest BCUT2D eigenvalue weighted by atomic mass is 10.1. The molecule has 8 heteroatoms. The number of alkyl halides is 4. The van der Waals surface area contributed by atoms with Crippen LogP contribution in [0.4, 0.5) is 13.2 Å². The highest BCUT2D eigenvalue weighted by Crippen LogP contribution is 2.29. The van der Waals surface area contributed by atoms with Gasteiger partial charge >= 0.3 is 6.18 Å². The van der Waals surface area contributed by atoms with Crippen molar-refractivity contribution in [2.45, 2.75) is 38.4 Å². The summed E-state index contributed by atoms with van der Waals surface area (Å²) < 4.78 is 61.3. The maximum Gasteiger partial charge on any atom is 0.389 e. The number of sulfonamides is 1. The lowest BCUT2D eigenvalue weighted by Crippen LogP contribution is -2.40. The third-order valence-electron chi connectivity index (χ3n) is 3.21. The molecule has 1 heterocycles. The van der Waals surface area contributed by atoms with E-state index in [9.17, 15) is 21.6 Å². The molecule has 0 bridgehead atoms. The first-order valence-electron chi connectivity index (χ1n) is 5.79. The fourth-order valence-electron chi connectivity index (χ4n) is 2.12. The highest BCUT2D eigenvalue weighted by atomic mass is 79.9. The number of hydrogen-bond acceptors (Lipinski definition) is 2. The predicted octanol–water partition coefficient (Wildman–Crippen LogP) is 2.76. The summed E-state index contributed by atoms with van der Waals surface area (Å²) in [7, 11) is -3.57. The minimum Gasteiger partial charge on any atom is -0.212 e. The van der Waals surface area contributed by atoms with E-state index in [4.69, 9.17) is 0 Å². The van der Waals surface area contributed by atoms with Crippen LogP contribution in [0.1, 0.15) is 26.2 Å². The maximum absolute atomic E-state index is 12.0. The van der Waals surface area contributed by atoms with Crippen molar-refractivity contribution in [1.82, 2.24) is 4.31 Å². The van der Waals surface area contributed by atoms with Gasteiger partial charge in [-0.3, -0.25) is 0 Å². The van der Waals surface area contributed by atoms with E-state index in [0.29, 0.717) is 11.9 Å². The molecule has 0 N–H and O–H groups in total. The highest BCUT2D eigenvalue weighted by Gasteiger charge is 2.38. The van der Waals surface area contributed by atoms with Crippen molar-refractivity contribution < 1.29 is 21.6 Å². The number of halogens is 4. The summed E-state index contributed by atoms with van der Waals surface area (Å²) >= 11 is 3.26. The molecule has 1 fully saturated rings. The summed E-state index contributed by atoms with van der Waals surface area (Å²) in [6.45, 7) is 2.36. The largest absolute Gasteiger partial charge is 0.389 e. The molecule has 0 amide bonds. The molecule has 2 atom stereocenters. The van der Waals surface area contributed by atoms with Crippen molar-refractivity contribution in [2.75, 3.05) is 17.6 Å². The van der Waals surface area contributed by atoms with Gasteiger partial charge in [-0.1, -0.05) is 22.9 Å². The zero-order valence-corrected chi connectivity index (χ0v) is 12.5. The third-order valence-corrected chi connectivity index (χ3v) is 5.85. The van der Waals surface area contributed by atoms with E-state index in [-0.39, 0.29) is 18.4 Å². The van der Waals surface area contributed by atoms with E-state index in [1.807, 2.05) is 6.92 Å². The van der Waals surface area contributed by atoms with Gasteiger partial charge in [0.2, 0.25) is 10.0 Å². The average Bonchev–Trinajstić information content (AvgIpc) is 2.57. The van der Waals surface area contributed by atoms with Gasteiger partial charge in [0, 0.05) is 24.3 Å². The van der Waals surface area contributed by atoms with E-state index in [2.05, 4.69) is 15.9 Å². The molecule has 0 aromatic carbocycles. The Labute approximate surface area is 114 Å². The maximum atomic E-state index is 12.0. The normalized spacial score (nSPS) is 26.7. The lowest BCUT2D eigenvalue weighted by Gasteiger charge is -2.24. The van der Waals surface area contributed by atoms with E-state index < -0.39 is 28.4 Å². The van der Waals surface area contributed by atoms with Crippen LogP contribution in [0, 0.1) is 5.92 Å². The molecule has 2 unspecified atom stereocenters. The second-order valence-electron chi connectivity index (χ2n) is 4.63. The average molecular weight is 352 g/mol.